The summed E-state index contributed by atoms with van der Waals surface area (Å²) in [4.78, 5) is 12.7. The molecule has 1 aliphatic rings. The molecule has 4 aromatic carbocycles. The first-order valence-electron chi connectivity index (χ1n) is 9.74. The Morgan fingerprint density at radius 3 is 2.14 bits per heavy atom. The van der Waals surface area contributed by atoms with Crippen LogP contribution in [0.15, 0.2) is 84.4 Å². The van der Waals surface area contributed by atoms with Crippen LogP contribution >= 0.6 is 0 Å². The van der Waals surface area contributed by atoms with E-state index in [0.717, 1.165) is 43.8 Å². The van der Waals surface area contributed by atoms with Gasteiger partial charge in [0.15, 0.2) is 0 Å². The topological polar surface area (TPSA) is 26.3 Å². The standard InChI is InChI=1S/C27H20O2/c1-17-11-12-18(2)24(13-17)26-16-21(27(28)29-26)15-25-22-9-5-3-7-19(22)14-20-8-4-6-10-23(20)25/h3-16H,1-2H3/b21-15+. The number of carbonyl (C=O) groups excluding carboxylic acids is 1. The van der Waals surface area contributed by atoms with E-state index in [2.05, 4.69) is 48.5 Å². The van der Waals surface area contributed by atoms with Crippen molar-refractivity contribution in [3.63, 3.8) is 0 Å². The fraction of sp³-hybridized carbons (Fsp3) is 0.0741. The first kappa shape index (κ1) is 17.4. The van der Waals surface area contributed by atoms with Gasteiger partial charge in [-0.2, -0.15) is 0 Å². The molecule has 4 aromatic rings. The van der Waals surface area contributed by atoms with E-state index in [0.29, 0.717) is 11.3 Å². The molecule has 0 bridgehead atoms. The van der Waals surface area contributed by atoms with Gasteiger partial charge in [-0.15, -0.1) is 0 Å². The number of hydrogen-bond acceptors (Lipinski definition) is 2. The fourth-order valence-corrected chi connectivity index (χ4v) is 3.98. The largest absolute Gasteiger partial charge is 0.422 e. The summed E-state index contributed by atoms with van der Waals surface area (Å²) in [5.41, 5.74) is 4.81. The van der Waals surface area contributed by atoms with E-state index in [-0.39, 0.29) is 5.97 Å². The van der Waals surface area contributed by atoms with Gasteiger partial charge in [0.05, 0.1) is 5.57 Å². The summed E-state index contributed by atoms with van der Waals surface area (Å²) in [6.45, 7) is 4.07. The lowest BCUT2D eigenvalue weighted by Gasteiger charge is -2.08. The van der Waals surface area contributed by atoms with Gasteiger partial charge < -0.3 is 4.74 Å². The third-order valence-electron chi connectivity index (χ3n) is 5.50. The average molecular weight is 376 g/mol. The third-order valence-corrected chi connectivity index (χ3v) is 5.50. The lowest BCUT2D eigenvalue weighted by atomic mass is 9.95. The van der Waals surface area contributed by atoms with Gasteiger partial charge in [-0.3, -0.25) is 0 Å². The second-order valence-electron chi connectivity index (χ2n) is 7.55. The molecule has 0 saturated heterocycles. The number of carbonyl (C=O) groups is 1. The molecule has 0 saturated carbocycles. The van der Waals surface area contributed by atoms with Crippen LogP contribution in [0.3, 0.4) is 0 Å². The van der Waals surface area contributed by atoms with Crippen molar-refractivity contribution in [2.24, 2.45) is 0 Å². The fourth-order valence-electron chi connectivity index (χ4n) is 3.98. The van der Waals surface area contributed by atoms with Crippen molar-refractivity contribution in [3.8, 4) is 0 Å². The Kier molecular flexibility index (Phi) is 4.06. The van der Waals surface area contributed by atoms with Gasteiger partial charge in [-0.05, 0) is 70.8 Å². The number of cyclic esters (lactones) is 1. The molecule has 0 aliphatic carbocycles. The van der Waals surface area contributed by atoms with E-state index in [1.807, 2.05) is 50.3 Å². The summed E-state index contributed by atoms with van der Waals surface area (Å²) in [5.74, 6) is 0.310. The highest BCUT2D eigenvalue weighted by molar-refractivity contribution is 6.12. The van der Waals surface area contributed by atoms with Crippen LogP contribution in [-0.4, -0.2) is 5.97 Å². The molecule has 0 radical (unpaired) electrons. The molecule has 0 spiro atoms. The van der Waals surface area contributed by atoms with Gasteiger partial charge in [0.1, 0.15) is 5.76 Å². The summed E-state index contributed by atoms with van der Waals surface area (Å²) < 4.78 is 5.65. The van der Waals surface area contributed by atoms with Gasteiger partial charge in [0, 0.05) is 5.56 Å². The second kappa shape index (κ2) is 6.75. The van der Waals surface area contributed by atoms with Crippen LogP contribution < -0.4 is 0 Å². The summed E-state index contributed by atoms with van der Waals surface area (Å²) in [6, 6.07) is 24.9. The zero-order chi connectivity index (χ0) is 20.0. The van der Waals surface area contributed by atoms with Gasteiger partial charge in [-0.25, -0.2) is 4.79 Å². The van der Waals surface area contributed by atoms with Crippen LogP contribution in [0.25, 0.3) is 33.4 Å². The smallest absolute Gasteiger partial charge is 0.343 e. The van der Waals surface area contributed by atoms with Crippen molar-refractivity contribution in [1.29, 1.82) is 0 Å². The van der Waals surface area contributed by atoms with Gasteiger partial charge in [0.25, 0.3) is 0 Å². The number of benzene rings is 4. The number of ether oxygens (including phenoxy) is 1. The zero-order valence-electron chi connectivity index (χ0n) is 16.4. The molecule has 2 heteroatoms. The number of esters is 1. The van der Waals surface area contributed by atoms with Crippen molar-refractivity contribution in [2.75, 3.05) is 0 Å². The summed E-state index contributed by atoms with van der Waals surface area (Å²) in [6.07, 6.45) is 3.83. The Morgan fingerprint density at radius 2 is 1.45 bits per heavy atom. The Morgan fingerprint density at radius 1 is 0.793 bits per heavy atom. The van der Waals surface area contributed by atoms with Gasteiger partial charge in [-0.1, -0.05) is 66.2 Å². The van der Waals surface area contributed by atoms with Gasteiger partial charge in [0.2, 0.25) is 0 Å². The SMILES string of the molecule is Cc1ccc(C)c(C2=C/C(=C\c3c4ccccc4cc4ccccc34)C(=O)O2)c1. The minimum Gasteiger partial charge on any atom is -0.422 e. The molecule has 0 atom stereocenters. The van der Waals surface area contributed by atoms with E-state index < -0.39 is 0 Å². The molecule has 1 heterocycles. The second-order valence-corrected chi connectivity index (χ2v) is 7.55. The first-order valence-corrected chi connectivity index (χ1v) is 9.74. The molecule has 0 fully saturated rings. The number of hydrogen-bond donors (Lipinski definition) is 0. The highest BCUT2D eigenvalue weighted by atomic mass is 16.5. The van der Waals surface area contributed by atoms with Crippen LogP contribution in [0.5, 0.6) is 0 Å². The Labute approximate surface area is 169 Å². The van der Waals surface area contributed by atoms with Crippen LogP contribution in [0, 0.1) is 13.8 Å². The van der Waals surface area contributed by atoms with Crippen molar-refractivity contribution < 1.29 is 9.53 Å². The Balaban J connectivity index is 1.72. The van der Waals surface area contributed by atoms with E-state index in [1.54, 1.807) is 0 Å². The number of rotatable bonds is 2. The molecule has 0 aromatic heterocycles. The molecular weight excluding hydrogens is 356 g/mol. The third kappa shape index (κ3) is 3.03. The highest BCUT2D eigenvalue weighted by Gasteiger charge is 2.23. The van der Waals surface area contributed by atoms with Gasteiger partial charge >= 0.3 is 5.97 Å². The maximum absolute atomic E-state index is 12.7. The lowest BCUT2D eigenvalue weighted by Crippen LogP contribution is -1.98. The maximum Gasteiger partial charge on any atom is 0.343 e. The lowest BCUT2D eigenvalue weighted by molar-refractivity contribution is -0.130. The Hall–Kier alpha value is -3.65. The van der Waals surface area contributed by atoms with Crippen molar-refractivity contribution in [2.45, 2.75) is 13.8 Å². The summed E-state index contributed by atoms with van der Waals surface area (Å²) in [7, 11) is 0. The molecule has 0 amide bonds. The summed E-state index contributed by atoms with van der Waals surface area (Å²) in [5, 5.41) is 4.56. The van der Waals surface area contributed by atoms with Crippen molar-refractivity contribution in [1.82, 2.24) is 0 Å². The molecule has 29 heavy (non-hydrogen) atoms. The van der Waals surface area contributed by atoms with Crippen LogP contribution in [0.2, 0.25) is 0 Å². The van der Waals surface area contributed by atoms with E-state index in [4.69, 9.17) is 4.74 Å². The molecule has 1 aliphatic heterocycles. The predicted molar refractivity (Wildman–Crippen MR) is 119 cm³/mol. The quantitative estimate of drug-likeness (QED) is 0.224. The Bertz CT molecular complexity index is 1300. The first-order chi connectivity index (χ1) is 14.1. The van der Waals surface area contributed by atoms with Crippen molar-refractivity contribution in [3.05, 3.63) is 107 Å². The molecular formula is C27H20O2. The number of fused-ring (bicyclic) bond motifs is 2. The van der Waals surface area contributed by atoms with E-state index in [1.165, 1.54) is 0 Å². The monoisotopic (exact) mass is 376 g/mol. The van der Waals surface area contributed by atoms with Crippen LogP contribution in [0.4, 0.5) is 0 Å². The average Bonchev–Trinajstić information content (AvgIpc) is 3.09. The summed E-state index contributed by atoms with van der Waals surface area (Å²) >= 11 is 0. The highest BCUT2D eigenvalue weighted by Crippen LogP contribution is 2.34. The molecule has 140 valence electrons. The normalized spacial score (nSPS) is 15.2. The van der Waals surface area contributed by atoms with Crippen LogP contribution in [-0.2, 0) is 9.53 Å². The van der Waals surface area contributed by atoms with E-state index in [9.17, 15) is 4.79 Å². The molecule has 0 N–H and O–H groups in total. The predicted octanol–water partition coefficient (Wildman–Crippen LogP) is 6.59. The zero-order valence-corrected chi connectivity index (χ0v) is 16.4. The van der Waals surface area contributed by atoms with Crippen molar-refractivity contribution >= 4 is 39.3 Å². The molecule has 5 rings (SSSR count). The van der Waals surface area contributed by atoms with E-state index >= 15 is 0 Å². The van der Waals surface area contributed by atoms with Crippen LogP contribution in [0.1, 0.15) is 22.3 Å². The molecule has 0 unspecified atom stereocenters. The minimum atomic E-state index is -0.307. The maximum atomic E-state index is 12.7. The minimum absolute atomic E-state index is 0.307. The molecule has 2 nitrogen and oxygen atoms in total. The number of aryl methyl sites for hydroxylation is 2.